The van der Waals surface area contributed by atoms with Crippen molar-refractivity contribution < 1.29 is 4.79 Å². The van der Waals surface area contributed by atoms with Crippen molar-refractivity contribution in [3.8, 4) is 11.1 Å². The summed E-state index contributed by atoms with van der Waals surface area (Å²) in [6.07, 6.45) is 8.19. The number of amides is 1. The molecule has 0 saturated heterocycles. The van der Waals surface area contributed by atoms with Crippen LogP contribution >= 0.6 is 11.6 Å². The molecule has 1 aromatic heterocycles. The van der Waals surface area contributed by atoms with Gasteiger partial charge in [-0.3, -0.25) is 9.78 Å². The molecule has 5 heteroatoms. The van der Waals surface area contributed by atoms with E-state index >= 15 is 0 Å². The van der Waals surface area contributed by atoms with Crippen LogP contribution in [0.1, 0.15) is 42.0 Å². The van der Waals surface area contributed by atoms with E-state index in [1.165, 1.54) is 5.56 Å². The second kappa shape index (κ2) is 5.87. The molecule has 1 atom stereocenters. The Morgan fingerprint density at radius 2 is 2.08 bits per heavy atom. The maximum absolute atomic E-state index is 11.9. The first kappa shape index (κ1) is 15.6. The van der Waals surface area contributed by atoms with Crippen LogP contribution in [0.4, 0.5) is 5.69 Å². The number of hydrogen-bond donors (Lipinski definition) is 1. The molecule has 1 unspecified atom stereocenters. The summed E-state index contributed by atoms with van der Waals surface area (Å²) in [5, 5.41) is 0.621. The molecule has 2 aliphatic rings. The minimum Gasteiger partial charge on any atom is -0.324 e. The molecule has 0 fully saturated rings. The maximum Gasteiger partial charge on any atom is 0.227 e. The fraction of sp³-hybridized carbons (Fsp3) is 0.368. The highest BCUT2D eigenvalue weighted by molar-refractivity contribution is 6.34. The number of halogens is 1. The molecule has 2 N–H and O–H groups in total. The van der Waals surface area contributed by atoms with Gasteiger partial charge in [0.05, 0.1) is 10.7 Å². The third kappa shape index (κ3) is 2.41. The number of benzene rings is 1. The molecule has 124 valence electrons. The van der Waals surface area contributed by atoms with Crippen LogP contribution < -0.4 is 10.6 Å². The summed E-state index contributed by atoms with van der Waals surface area (Å²) < 4.78 is 0. The highest BCUT2D eigenvalue weighted by Crippen LogP contribution is 2.40. The van der Waals surface area contributed by atoms with Crippen molar-refractivity contribution in [2.24, 2.45) is 5.73 Å². The summed E-state index contributed by atoms with van der Waals surface area (Å²) in [6.45, 7) is 0. The van der Waals surface area contributed by atoms with Crippen molar-refractivity contribution in [1.29, 1.82) is 0 Å². The van der Waals surface area contributed by atoms with Crippen molar-refractivity contribution in [2.75, 3.05) is 11.9 Å². The van der Waals surface area contributed by atoms with E-state index < -0.39 is 0 Å². The van der Waals surface area contributed by atoms with Gasteiger partial charge in [0.2, 0.25) is 5.91 Å². The van der Waals surface area contributed by atoms with Crippen molar-refractivity contribution in [3.05, 3.63) is 46.2 Å². The van der Waals surface area contributed by atoms with Gasteiger partial charge in [-0.05, 0) is 60.1 Å². The Bertz CT molecular complexity index is 834. The molecule has 0 spiro atoms. The van der Waals surface area contributed by atoms with E-state index in [9.17, 15) is 4.79 Å². The van der Waals surface area contributed by atoms with E-state index in [0.29, 0.717) is 11.4 Å². The van der Waals surface area contributed by atoms with Crippen molar-refractivity contribution >= 4 is 23.2 Å². The fourth-order valence-electron chi connectivity index (χ4n) is 3.92. The van der Waals surface area contributed by atoms with Crippen LogP contribution in [-0.2, 0) is 17.6 Å². The van der Waals surface area contributed by atoms with Crippen LogP contribution in [0.5, 0.6) is 0 Å². The number of anilines is 1. The van der Waals surface area contributed by atoms with Gasteiger partial charge in [-0.1, -0.05) is 11.6 Å². The number of hydrogen-bond acceptors (Lipinski definition) is 3. The molecular weight excluding hydrogens is 322 g/mol. The molecule has 4 nitrogen and oxygen atoms in total. The number of rotatable bonds is 1. The third-order valence-corrected chi connectivity index (χ3v) is 5.49. The van der Waals surface area contributed by atoms with Gasteiger partial charge >= 0.3 is 0 Å². The lowest BCUT2D eigenvalue weighted by atomic mass is 9.84. The topological polar surface area (TPSA) is 59.2 Å². The van der Waals surface area contributed by atoms with Crippen LogP contribution in [-0.4, -0.2) is 17.9 Å². The second-order valence-electron chi connectivity index (χ2n) is 6.67. The number of carbonyl (C=O) groups excluding carboxylic acids is 1. The zero-order valence-corrected chi connectivity index (χ0v) is 14.4. The molecule has 1 aliphatic carbocycles. The van der Waals surface area contributed by atoms with E-state index in [1.54, 1.807) is 11.9 Å². The maximum atomic E-state index is 11.9. The lowest BCUT2D eigenvalue weighted by Crippen LogP contribution is -2.31. The lowest BCUT2D eigenvalue weighted by Gasteiger charge is -2.28. The Morgan fingerprint density at radius 1 is 1.25 bits per heavy atom. The number of aryl methyl sites for hydroxylation is 1. The van der Waals surface area contributed by atoms with Crippen LogP contribution in [0.2, 0.25) is 5.02 Å². The van der Waals surface area contributed by atoms with E-state index in [0.717, 1.165) is 53.6 Å². The molecule has 1 aliphatic heterocycles. The van der Waals surface area contributed by atoms with Crippen molar-refractivity contribution in [2.45, 2.75) is 38.1 Å². The molecule has 24 heavy (non-hydrogen) atoms. The Balaban J connectivity index is 1.86. The molecular formula is C19H20ClN3O. The summed E-state index contributed by atoms with van der Waals surface area (Å²) in [6, 6.07) is 4.17. The molecule has 2 aromatic rings. The number of carbonyl (C=O) groups is 1. The summed E-state index contributed by atoms with van der Waals surface area (Å²) in [7, 11) is 1.79. The Hall–Kier alpha value is -1.91. The third-order valence-electron chi connectivity index (χ3n) is 5.20. The molecule has 1 aromatic carbocycles. The zero-order valence-electron chi connectivity index (χ0n) is 13.7. The standard InChI is InChI=1S/C19H20ClN3O/c1-23-18(24)6-5-11-7-12(8-16(20)19(11)23)14-9-22-10-15-13(14)3-2-4-17(15)21/h7-10,17H,2-6,21H2,1H3. The lowest BCUT2D eigenvalue weighted by molar-refractivity contribution is -0.118. The van der Waals surface area contributed by atoms with Gasteiger partial charge in [0.1, 0.15) is 0 Å². The van der Waals surface area contributed by atoms with E-state index in [1.807, 2.05) is 18.5 Å². The molecule has 4 rings (SSSR count). The quantitative estimate of drug-likeness (QED) is 0.861. The fourth-order valence-corrected chi connectivity index (χ4v) is 4.28. The first-order valence-corrected chi connectivity index (χ1v) is 8.75. The van der Waals surface area contributed by atoms with Crippen LogP contribution in [0.3, 0.4) is 0 Å². The van der Waals surface area contributed by atoms with Crippen molar-refractivity contribution in [1.82, 2.24) is 4.98 Å². The first-order valence-electron chi connectivity index (χ1n) is 8.38. The SMILES string of the molecule is CN1C(=O)CCc2cc(-c3cncc4c3CCCC4N)cc(Cl)c21. The molecule has 0 radical (unpaired) electrons. The second-order valence-corrected chi connectivity index (χ2v) is 7.08. The Morgan fingerprint density at radius 3 is 2.92 bits per heavy atom. The van der Waals surface area contributed by atoms with Gasteiger partial charge in [0.15, 0.2) is 0 Å². The number of nitrogens with zero attached hydrogens (tertiary/aromatic N) is 2. The summed E-state index contributed by atoms with van der Waals surface area (Å²) >= 11 is 6.53. The number of aromatic nitrogens is 1. The predicted molar refractivity (Wildman–Crippen MR) is 96.3 cm³/mol. The predicted octanol–water partition coefficient (Wildman–Crippen LogP) is 3.65. The van der Waals surface area contributed by atoms with Gasteiger partial charge in [-0.15, -0.1) is 0 Å². The first-order chi connectivity index (χ1) is 11.6. The number of fused-ring (bicyclic) bond motifs is 2. The molecule has 1 amide bonds. The molecule has 0 saturated carbocycles. The van der Waals surface area contributed by atoms with Crippen LogP contribution in [0.15, 0.2) is 24.5 Å². The van der Waals surface area contributed by atoms with Gasteiger partial charge in [0, 0.05) is 37.5 Å². The van der Waals surface area contributed by atoms with E-state index in [-0.39, 0.29) is 11.9 Å². The van der Waals surface area contributed by atoms with Gasteiger partial charge in [-0.25, -0.2) is 0 Å². The minimum absolute atomic E-state index is 0.0676. The monoisotopic (exact) mass is 341 g/mol. The van der Waals surface area contributed by atoms with Gasteiger partial charge in [0.25, 0.3) is 0 Å². The Labute approximate surface area is 146 Å². The normalized spacial score (nSPS) is 19.9. The highest BCUT2D eigenvalue weighted by Gasteiger charge is 2.26. The van der Waals surface area contributed by atoms with Crippen molar-refractivity contribution in [3.63, 3.8) is 0 Å². The number of pyridine rings is 1. The zero-order chi connectivity index (χ0) is 16.8. The van der Waals surface area contributed by atoms with Gasteiger partial charge < -0.3 is 10.6 Å². The summed E-state index contributed by atoms with van der Waals surface area (Å²) in [4.78, 5) is 18.0. The minimum atomic E-state index is 0.0676. The smallest absolute Gasteiger partial charge is 0.227 e. The van der Waals surface area contributed by atoms with E-state index in [4.69, 9.17) is 17.3 Å². The Kier molecular flexibility index (Phi) is 3.82. The average molecular weight is 342 g/mol. The van der Waals surface area contributed by atoms with E-state index in [2.05, 4.69) is 11.1 Å². The average Bonchev–Trinajstić information content (AvgIpc) is 2.58. The highest BCUT2D eigenvalue weighted by atomic mass is 35.5. The largest absolute Gasteiger partial charge is 0.324 e. The summed E-state index contributed by atoms with van der Waals surface area (Å²) in [5.74, 6) is 0.113. The molecule has 0 bridgehead atoms. The van der Waals surface area contributed by atoms with Crippen LogP contribution in [0.25, 0.3) is 11.1 Å². The number of nitrogens with two attached hydrogens (primary N) is 1. The summed E-state index contributed by atoms with van der Waals surface area (Å²) in [5.41, 5.74) is 12.9. The molecule has 2 heterocycles. The van der Waals surface area contributed by atoms with Crippen LogP contribution in [0, 0.1) is 0 Å². The van der Waals surface area contributed by atoms with Gasteiger partial charge in [-0.2, -0.15) is 0 Å².